The van der Waals surface area contributed by atoms with Gasteiger partial charge in [0.15, 0.2) is 0 Å². The molecule has 4 heteroatoms. The minimum atomic E-state index is 0.606. The molecule has 0 saturated carbocycles. The molecule has 4 nitrogen and oxygen atoms in total. The fraction of sp³-hybridized carbons (Fsp3) is 0.562. The van der Waals surface area contributed by atoms with E-state index >= 15 is 0 Å². The molecule has 0 spiro atoms. The Hall–Kier alpha value is -1.39. The molecule has 0 atom stereocenters. The molecule has 0 aliphatic carbocycles. The molecule has 0 aromatic heterocycles. The highest BCUT2D eigenvalue weighted by Gasteiger charge is 2.30. The molecular formula is C16H23N3O. The molecule has 20 heavy (non-hydrogen) atoms. The Bertz CT molecular complexity index is 503. The molecule has 2 fully saturated rings. The van der Waals surface area contributed by atoms with Gasteiger partial charge in [-0.3, -0.25) is 4.90 Å². The minimum Gasteiger partial charge on any atom is -0.398 e. The number of hydrogen-bond acceptors (Lipinski definition) is 4. The maximum absolute atomic E-state index is 7.37. The van der Waals surface area contributed by atoms with Crippen molar-refractivity contribution in [3.63, 3.8) is 0 Å². The number of nitrogens with zero attached hydrogens (tertiary/aromatic N) is 1. The third-order valence-electron chi connectivity index (χ3n) is 4.73. The van der Waals surface area contributed by atoms with Gasteiger partial charge >= 0.3 is 0 Å². The molecule has 0 bridgehead atoms. The molecule has 0 radical (unpaired) electrons. The van der Waals surface area contributed by atoms with Gasteiger partial charge in [0.1, 0.15) is 0 Å². The Balaban J connectivity index is 1.71. The van der Waals surface area contributed by atoms with Gasteiger partial charge in [0, 0.05) is 17.5 Å². The number of aryl methyl sites for hydroxylation is 1. The van der Waals surface area contributed by atoms with Gasteiger partial charge in [0.2, 0.25) is 0 Å². The first-order valence-electron chi connectivity index (χ1n) is 7.41. The topological polar surface area (TPSA) is 62.3 Å². The third-order valence-corrected chi connectivity index (χ3v) is 4.73. The molecule has 108 valence electrons. The van der Waals surface area contributed by atoms with Gasteiger partial charge in [-0.05, 0) is 62.0 Å². The predicted octanol–water partition coefficient (Wildman–Crippen LogP) is 2.15. The zero-order valence-corrected chi connectivity index (χ0v) is 12.1. The van der Waals surface area contributed by atoms with Crippen LogP contribution in [0.5, 0.6) is 0 Å². The van der Waals surface area contributed by atoms with Crippen LogP contribution in [0.15, 0.2) is 12.1 Å². The van der Waals surface area contributed by atoms with E-state index in [-0.39, 0.29) is 0 Å². The number of nitrogen functional groups attached to an aromatic ring is 1. The van der Waals surface area contributed by atoms with Gasteiger partial charge in [-0.15, -0.1) is 0 Å². The van der Waals surface area contributed by atoms with Crippen LogP contribution in [-0.4, -0.2) is 43.5 Å². The van der Waals surface area contributed by atoms with Crippen LogP contribution in [0.2, 0.25) is 0 Å². The highest BCUT2D eigenvalue weighted by atomic mass is 16.5. The van der Waals surface area contributed by atoms with Crippen molar-refractivity contribution < 1.29 is 4.74 Å². The first-order chi connectivity index (χ1) is 9.69. The largest absolute Gasteiger partial charge is 0.398 e. The fourth-order valence-electron chi connectivity index (χ4n) is 3.34. The van der Waals surface area contributed by atoms with Crippen molar-refractivity contribution in [3.05, 3.63) is 28.8 Å². The van der Waals surface area contributed by atoms with E-state index in [0.717, 1.165) is 37.6 Å². The van der Waals surface area contributed by atoms with Gasteiger partial charge in [-0.2, -0.15) is 0 Å². The Morgan fingerprint density at radius 3 is 2.55 bits per heavy atom. The van der Waals surface area contributed by atoms with Crippen LogP contribution in [0.4, 0.5) is 5.69 Å². The van der Waals surface area contributed by atoms with Gasteiger partial charge in [0.25, 0.3) is 0 Å². The number of benzene rings is 1. The summed E-state index contributed by atoms with van der Waals surface area (Å²) in [5.41, 5.74) is 10.2. The highest BCUT2D eigenvalue weighted by molar-refractivity contribution is 5.85. The maximum atomic E-state index is 7.37. The first-order valence-corrected chi connectivity index (χ1v) is 7.41. The SMILES string of the molecule is Cc1cc(C=N)c(N)cc1C1CCN(C2COC2)CC1. The molecule has 2 heterocycles. The summed E-state index contributed by atoms with van der Waals surface area (Å²) >= 11 is 0. The second-order valence-corrected chi connectivity index (χ2v) is 5.98. The van der Waals surface area contributed by atoms with Gasteiger partial charge in [-0.25, -0.2) is 0 Å². The number of ether oxygens (including phenoxy) is 1. The quantitative estimate of drug-likeness (QED) is 0.655. The standard InChI is InChI=1S/C16H23N3O/c1-11-6-13(8-17)16(18)7-15(11)12-2-4-19(5-3-12)14-9-20-10-14/h6-8,12,14,17H,2-5,9-10,18H2,1H3. The van der Waals surface area contributed by atoms with Crippen LogP contribution in [-0.2, 0) is 4.74 Å². The molecular weight excluding hydrogens is 250 g/mol. The molecule has 1 aromatic rings. The van der Waals surface area contributed by atoms with E-state index < -0.39 is 0 Å². The highest BCUT2D eigenvalue weighted by Crippen LogP contribution is 2.33. The fourth-order valence-corrected chi connectivity index (χ4v) is 3.34. The van der Waals surface area contributed by atoms with Crippen LogP contribution in [0, 0.1) is 12.3 Å². The van der Waals surface area contributed by atoms with E-state index in [2.05, 4.69) is 17.9 Å². The lowest BCUT2D eigenvalue weighted by molar-refractivity contribution is -0.0712. The Morgan fingerprint density at radius 2 is 2.00 bits per heavy atom. The maximum Gasteiger partial charge on any atom is 0.0645 e. The molecule has 2 saturated heterocycles. The molecule has 0 amide bonds. The van der Waals surface area contributed by atoms with Crippen LogP contribution in [0.3, 0.4) is 0 Å². The lowest BCUT2D eigenvalue weighted by atomic mass is 9.85. The summed E-state index contributed by atoms with van der Waals surface area (Å²) in [5.74, 6) is 0.606. The summed E-state index contributed by atoms with van der Waals surface area (Å²) in [6.45, 7) is 6.26. The lowest BCUT2D eigenvalue weighted by Gasteiger charge is -2.41. The van der Waals surface area contributed by atoms with E-state index in [1.165, 1.54) is 30.2 Å². The second kappa shape index (κ2) is 5.54. The van der Waals surface area contributed by atoms with Crippen molar-refractivity contribution in [1.29, 1.82) is 5.41 Å². The number of rotatable bonds is 3. The normalized spacial score (nSPS) is 21.6. The van der Waals surface area contributed by atoms with Crippen LogP contribution < -0.4 is 5.73 Å². The van der Waals surface area contributed by atoms with Gasteiger partial charge < -0.3 is 15.9 Å². The van der Waals surface area contributed by atoms with Crippen molar-refractivity contribution in [2.24, 2.45) is 0 Å². The van der Waals surface area contributed by atoms with Crippen molar-refractivity contribution >= 4 is 11.9 Å². The van der Waals surface area contributed by atoms with E-state index in [9.17, 15) is 0 Å². The summed E-state index contributed by atoms with van der Waals surface area (Å²) in [6.07, 6.45) is 3.73. The molecule has 2 aliphatic heterocycles. The van der Waals surface area contributed by atoms with Crippen molar-refractivity contribution in [3.8, 4) is 0 Å². The van der Waals surface area contributed by atoms with Crippen LogP contribution >= 0.6 is 0 Å². The van der Waals surface area contributed by atoms with E-state index in [1.807, 2.05) is 6.07 Å². The number of hydrogen-bond donors (Lipinski definition) is 2. The number of nitrogens with one attached hydrogen (secondary N) is 1. The minimum absolute atomic E-state index is 0.606. The molecule has 1 aromatic carbocycles. The zero-order valence-electron chi connectivity index (χ0n) is 12.1. The summed E-state index contributed by atoms with van der Waals surface area (Å²) < 4.78 is 5.28. The Morgan fingerprint density at radius 1 is 1.30 bits per heavy atom. The summed E-state index contributed by atoms with van der Waals surface area (Å²) in [4.78, 5) is 2.56. The molecule has 2 aliphatic rings. The van der Waals surface area contributed by atoms with Crippen molar-refractivity contribution in [2.45, 2.75) is 31.7 Å². The van der Waals surface area contributed by atoms with Gasteiger partial charge in [-0.1, -0.05) is 0 Å². The Kier molecular flexibility index (Phi) is 3.76. The van der Waals surface area contributed by atoms with Crippen LogP contribution in [0.1, 0.15) is 35.4 Å². The summed E-state index contributed by atoms with van der Waals surface area (Å²) in [5, 5.41) is 7.37. The van der Waals surface area contributed by atoms with Crippen molar-refractivity contribution in [2.75, 3.05) is 32.0 Å². The predicted molar refractivity (Wildman–Crippen MR) is 81.6 cm³/mol. The molecule has 3 N–H and O–H groups in total. The number of nitrogens with two attached hydrogens (primary N) is 1. The number of piperidine rings is 1. The summed E-state index contributed by atoms with van der Waals surface area (Å²) in [6, 6.07) is 4.79. The monoisotopic (exact) mass is 273 g/mol. The number of anilines is 1. The van der Waals surface area contributed by atoms with Gasteiger partial charge in [0.05, 0.1) is 19.3 Å². The van der Waals surface area contributed by atoms with E-state index in [0.29, 0.717) is 12.0 Å². The third kappa shape index (κ3) is 2.45. The number of likely N-dealkylation sites (tertiary alicyclic amines) is 1. The average Bonchev–Trinajstić information content (AvgIpc) is 2.40. The lowest BCUT2D eigenvalue weighted by Crippen LogP contribution is -2.51. The van der Waals surface area contributed by atoms with E-state index in [1.54, 1.807) is 0 Å². The smallest absolute Gasteiger partial charge is 0.0645 e. The molecule has 0 unspecified atom stereocenters. The summed E-state index contributed by atoms with van der Waals surface area (Å²) in [7, 11) is 0. The average molecular weight is 273 g/mol. The zero-order chi connectivity index (χ0) is 14.1. The second-order valence-electron chi connectivity index (χ2n) is 5.98. The van der Waals surface area contributed by atoms with Crippen molar-refractivity contribution in [1.82, 2.24) is 4.90 Å². The Labute approximate surface area is 120 Å². The molecule has 3 rings (SSSR count). The first kappa shape index (κ1) is 13.6. The van der Waals surface area contributed by atoms with Crippen LogP contribution in [0.25, 0.3) is 0 Å². The van der Waals surface area contributed by atoms with E-state index in [4.69, 9.17) is 15.9 Å².